The molecule has 5 nitrogen and oxygen atoms in total. The van der Waals surface area contributed by atoms with Crippen LogP contribution in [-0.4, -0.2) is 26.7 Å². The number of para-hydroxylation sites is 2. The number of carbonyl (C=O) groups is 1. The van der Waals surface area contributed by atoms with Gasteiger partial charge in [0.2, 0.25) is 0 Å². The van der Waals surface area contributed by atoms with Crippen molar-refractivity contribution in [1.29, 1.82) is 0 Å². The molecule has 1 heterocycles. The lowest BCUT2D eigenvalue weighted by atomic mass is 10.1. The summed E-state index contributed by atoms with van der Waals surface area (Å²) in [5.74, 6) is 0.119. The third kappa shape index (κ3) is 2.99. The second kappa shape index (κ2) is 5.25. The van der Waals surface area contributed by atoms with E-state index in [1.165, 1.54) is 0 Å². The van der Waals surface area contributed by atoms with Gasteiger partial charge in [0.1, 0.15) is 18.0 Å². The largest absolute Gasteiger partial charge is 0.462 e. The van der Waals surface area contributed by atoms with Crippen LogP contribution in [0.25, 0.3) is 11.0 Å². The van der Waals surface area contributed by atoms with E-state index in [-0.39, 0.29) is 18.6 Å². The van der Waals surface area contributed by atoms with Crippen LogP contribution in [0.4, 0.5) is 0 Å². The summed E-state index contributed by atoms with van der Waals surface area (Å²) in [6, 6.07) is 7.48. The molecule has 0 radical (unpaired) electrons. The van der Waals surface area contributed by atoms with Crippen molar-refractivity contribution in [3.05, 3.63) is 30.1 Å². The lowest BCUT2D eigenvalue weighted by Gasteiger charge is -2.19. The number of fused-ring (bicyclic) bond motifs is 1. The summed E-state index contributed by atoms with van der Waals surface area (Å²) in [5.41, 5.74) is 0.434. The van der Waals surface area contributed by atoms with E-state index >= 15 is 0 Å². The molecule has 1 aromatic carbocycles. The van der Waals surface area contributed by atoms with E-state index in [0.29, 0.717) is 5.82 Å². The minimum absolute atomic E-state index is 0.0397. The monoisotopic (exact) mass is 276 g/mol. The number of esters is 1. The molecule has 0 fully saturated rings. The molecule has 5 heteroatoms. The van der Waals surface area contributed by atoms with E-state index < -0.39 is 5.60 Å². The molecule has 1 N–H and O–H groups in total. The van der Waals surface area contributed by atoms with E-state index in [1.54, 1.807) is 32.3 Å². The van der Waals surface area contributed by atoms with Gasteiger partial charge >= 0.3 is 5.97 Å². The molecule has 20 heavy (non-hydrogen) atoms. The Morgan fingerprint density at radius 3 is 2.65 bits per heavy atom. The highest BCUT2D eigenvalue weighted by Gasteiger charge is 2.26. The zero-order chi connectivity index (χ0) is 14.9. The molecule has 2 aromatic rings. The molecular formula is C15H20N2O3. The Bertz CT molecular complexity index is 624. The molecule has 0 atom stereocenters. The first-order valence-corrected chi connectivity index (χ1v) is 6.66. The summed E-state index contributed by atoms with van der Waals surface area (Å²) < 4.78 is 6.88. The standard InChI is InChI=1S/C15H20N2O3/c1-10(2)20-13(18)9-17-12-8-6-5-7-11(12)16-14(17)15(3,4)19/h5-8,10,19H,9H2,1-4H3. The van der Waals surface area contributed by atoms with E-state index in [0.717, 1.165) is 11.0 Å². The highest BCUT2D eigenvalue weighted by Crippen LogP contribution is 2.24. The van der Waals surface area contributed by atoms with Crippen LogP contribution >= 0.6 is 0 Å². The Morgan fingerprint density at radius 1 is 1.40 bits per heavy atom. The average molecular weight is 276 g/mol. The quantitative estimate of drug-likeness (QED) is 0.870. The molecule has 0 amide bonds. The first-order chi connectivity index (χ1) is 9.29. The lowest BCUT2D eigenvalue weighted by Crippen LogP contribution is -2.25. The van der Waals surface area contributed by atoms with E-state index in [9.17, 15) is 9.90 Å². The Balaban J connectivity index is 2.46. The summed E-state index contributed by atoms with van der Waals surface area (Å²) in [6.07, 6.45) is -0.164. The number of rotatable bonds is 4. The number of nitrogens with zero attached hydrogens (tertiary/aromatic N) is 2. The third-order valence-corrected chi connectivity index (χ3v) is 2.86. The summed E-state index contributed by atoms with van der Waals surface area (Å²) in [5, 5.41) is 10.2. The first kappa shape index (κ1) is 14.5. The minimum atomic E-state index is -1.13. The Morgan fingerprint density at radius 2 is 2.05 bits per heavy atom. The normalized spacial score (nSPS) is 12.1. The van der Waals surface area contributed by atoms with Crippen molar-refractivity contribution in [2.45, 2.75) is 45.9 Å². The van der Waals surface area contributed by atoms with Crippen molar-refractivity contribution in [3.8, 4) is 0 Å². The number of imidazole rings is 1. The molecule has 0 saturated carbocycles. The number of hydrogen-bond acceptors (Lipinski definition) is 4. The Kier molecular flexibility index (Phi) is 3.81. The highest BCUT2D eigenvalue weighted by atomic mass is 16.5. The molecular weight excluding hydrogens is 256 g/mol. The molecule has 108 valence electrons. The molecule has 1 aromatic heterocycles. The summed E-state index contributed by atoms with van der Waals surface area (Å²) >= 11 is 0. The van der Waals surface area contributed by atoms with E-state index in [1.807, 2.05) is 24.3 Å². The van der Waals surface area contributed by atoms with Gasteiger partial charge in [0, 0.05) is 0 Å². The number of carbonyl (C=O) groups excluding carboxylic acids is 1. The fraction of sp³-hybridized carbons (Fsp3) is 0.467. The van der Waals surface area contributed by atoms with Gasteiger partial charge in [0.15, 0.2) is 0 Å². The first-order valence-electron chi connectivity index (χ1n) is 6.66. The summed E-state index contributed by atoms with van der Waals surface area (Å²) in [6.45, 7) is 6.95. The van der Waals surface area contributed by atoms with Crippen molar-refractivity contribution in [1.82, 2.24) is 9.55 Å². The van der Waals surface area contributed by atoms with Crippen LogP contribution in [0.5, 0.6) is 0 Å². The maximum Gasteiger partial charge on any atom is 0.326 e. The zero-order valence-electron chi connectivity index (χ0n) is 12.3. The number of benzene rings is 1. The van der Waals surface area contributed by atoms with Crippen molar-refractivity contribution in [2.75, 3.05) is 0 Å². The van der Waals surface area contributed by atoms with Gasteiger partial charge < -0.3 is 14.4 Å². The third-order valence-electron chi connectivity index (χ3n) is 2.86. The number of aromatic nitrogens is 2. The number of ether oxygens (including phenoxy) is 1. The van der Waals surface area contributed by atoms with Crippen molar-refractivity contribution in [2.24, 2.45) is 0 Å². The maximum atomic E-state index is 11.9. The fourth-order valence-electron chi connectivity index (χ4n) is 2.13. The van der Waals surface area contributed by atoms with Crippen LogP contribution in [0.1, 0.15) is 33.5 Å². The summed E-state index contributed by atoms with van der Waals surface area (Å²) in [7, 11) is 0. The van der Waals surface area contributed by atoms with E-state index in [4.69, 9.17) is 4.74 Å². The van der Waals surface area contributed by atoms with Crippen LogP contribution in [0, 0.1) is 0 Å². The summed E-state index contributed by atoms with van der Waals surface area (Å²) in [4.78, 5) is 16.3. The minimum Gasteiger partial charge on any atom is -0.462 e. The van der Waals surface area contributed by atoms with Crippen molar-refractivity contribution >= 4 is 17.0 Å². The van der Waals surface area contributed by atoms with Crippen LogP contribution in [0.2, 0.25) is 0 Å². The lowest BCUT2D eigenvalue weighted by molar-refractivity contribution is -0.148. The molecule has 2 rings (SSSR count). The smallest absolute Gasteiger partial charge is 0.326 e. The van der Waals surface area contributed by atoms with Gasteiger partial charge in [0.05, 0.1) is 17.1 Å². The van der Waals surface area contributed by atoms with Gasteiger partial charge in [-0.25, -0.2) is 4.98 Å². The Labute approximate surface area is 118 Å². The van der Waals surface area contributed by atoms with Crippen molar-refractivity contribution < 1.29 is 14.6 Å². The van der Waals surface area contributed by atoms with Gasteiger partial charge in [-0.15, -0.1) is 0 Å². The second-order valence-corrected chi connectivity index (χ2v) is 5.61. The van der Waals surface area contributed by atoms with Gasteiger partial charge in [-0.05, 0) is 39.8 Å². The highest BCUT2D eigenvalue weighted by molar-refractivity contribution is 5.79. The number of hydrogen-bond donors (Lipinski definition) is 1. The predicted octanol–water partition coefficient (Wildman–Crippen LogP) is 2.22. The fourth-order valence-corrected chi connectivity index (χ4v) is 2.13. The van der Waals surface area contributed by atoms with Crippen LogP contribution in [0.15, 0.2) is 24.3 Å². The molecule has 0 saturated heterocycles. The molecule has 0 aliphatic rings. The second-order valence-electron chi connectivity index (χ2n) is 5.61. The van der Waals surface area contributed by atoms with Gasteiger partial charge in [0.25, 0.3) is 0 Å². The zero-order valence-corrected chi connectivity index (χ0v) is 12.3. The van der Waals surface area contributed by atoms with Gasteiger partial charge in [-0.1, -0.05) is 12.1 Å². The molecule has 0 spiro atoms. The molecule has 0 bridgehead atoms. The van der Waals surface area contributed by atoms with Gasteiger partial charge in [-0.3, -0.25) is 4.79 Å². The van der Waals surface area contributed by atoms with Crippen LogP contribution < -0.4 is 0 Å². The molecule has 0 aliphatic carbocycles. The Hall–Kier alpha value is -1.88. The average Bonchev–Trinajstić information content (AvgIpc) is 2.67. The maximum absolute atomic E-state index is 11.9. The SMILES string of the molecule is CC(C)OC(=O)Cn1c(C(C)(C)O)nc2ccccc21. The molecule has 0 unspecified atom stereocenters. The molecule has 0 aliphatic heterocycles. The topological polar surface area (TPSA) is 64.3 Å². The van der Waals surface area contributed by atoms with Gasteiger partial charge in [-0.2, -0.15) is 0 Å². The van der Waals surface area contributed by atoms with Crippen LogP contribution in [-0.2, 0) is 21.7 Å². The number of aliphatic hydroxyl groups is 1. The predicted molar refractivity (Wildman–Crippen MR) is 76.2 cm³/mol. The van der Waals surface area contributed by atoms with Crippen LogP contribution in [0.3, 0.4) is 0 Å². The van der Waals surface area contributed by atoms with E-state index in [2.05, 4.69) is 4.98 Å². The van der Waals surface area contributed by atoms with Crippen molar-refractivity contribution in [3.63, 3.8) is 0 Å².